The average Bonchev–Trinajstić information content (AvgIpc) is 1.99. The zero-order chi connectivity index (χ0) is 8.85. The molecule has 0 aliphatic rings. The van der Waals surface area contributed by atoms with Crippen LogP contribution in [-0.2, 0) is 4.79 Å². The molecule has 0 radical (unpaired) electrons. The zero-order valence-electron chi connectivity index (χ0n) is 6.79. The van der Waals surface area contributed by atoms with E-state index in [1.807, 2.05) is 6.07 Å². The SMILES string of the molecule is CC(C#N)CNC(=O)C(C)N. The molecule has 0 aromatic carbocycles. The molecule has 11 heavy (non-hydrogen) atoms. The lowest BCUT2D eigenvalue weighted by molar-refractivity contribution is -0.122. The van der Waals surface area contributed by atoms with E-state index in [1.54, 1.807) is 13.8 Å². The average molecular weight is 155 g/mol. The first-order valence-electron chi connectivity index (χ1n) is 3.50. The summed E-state index contributed by atoms with van der Waals surface area (Å²) in [6.45, 7) is 3.71. The van der Waals surface area contributed by atoms with E-state index in [4.69, 9.17) is 11.0 Å². The summed E-state index contributed by atoms with van der Waals surface area (Å²) in [7, 11) is 0. The Labute approximate surface area is 66.4 Å². The van der Waals surface area contributed by atoms with Crippen molar-refractivity contribution in [3.05, 3.63) is 0 Å². The van der Waals surface area contributed by atoms with E-state index in [2.05, 4.69) is 5.32 Å². The molecule has 0 saturated heterocycles. The van der Waals surface area contributed by atoms with Crippen molar-refractivity contribution in [1.29, 1.82) is 5.26 Å². The minimum atomic E-state index is -0.499. The van der Waals surface area contributed by atoms with Gasteiger partial charge in [0.2, 0.25) is 5.91 Å². The zero-order valence-corrected chi connectivity index (χ0v) is 6.79. The number of nitrogens with one attached hydrogen (secondary N) is 1. The standard InChI is InChI=1S/C7H13N3O/c1-5(3-8)4-10-7(11)6(2)9/h5-6H,4,9H2,1-2H3,(H,10,11). The summed E-state index contributed by atoms with van der Waals surface area (Å²) < 4.78 is 0. The van der Waals surface area contributed by atoms with Gasteiger partial charge in [0.1, 0.15) is 0 Å². The Balaban J connectivity index is 3.56. The Kier molecular flexibility index (Phi) is 4.23. The summed E-state index contributed by atoms with van der Waals surface area (Å²) in [5.41, 5.74) is 5.27. The lowest BCUT2D eigenvalue weighted by Gasteiger charge is -2.07. The van der Waals surface area contributed by atoms with Crippen LogP contribution in [0.1, 0.15) is 13.8 Å². The number of hydrogen-bond acceptors (Lipinski definition) is 3. The first kappa shape index (κ1) is 9.92. The van der Waals surface area contributed by atoms with Gasteiger partial charge in [-0.1, -0.05) is 0 Å². The Hall–Kier alpha value is -1.08. The van der Waals surface area contributed by atoms with Gasteiger partial charge < -0.3 is 11.1 Å². The van der Waals surface area contributed by atoms with Crippen molar-refractivity contribution in [3.8, 4) is 6.07 Å². The van der Waals surface area contributed by atoms with Crippen LogP contribution >= 0.6 is 0 Å². The van der Waals surface area contributed by atoms with Gasteiger partial charge in [-0.3, -0.25) is 4.79 Å². The smallest absolute Gasteiger partial charge is 0.236 e. The maximum atomic E-state index is 10.8. The van der Waals surface area contributed by atoms with Gasteiger partial charge in [-0.15, -0.1) is 0 Å². The number of nitrogens with zero attached hydrogens (tertiary/aromatic N) is 1. The number of hydrogen-bond donors (Lipinski definition) is 2. The third kappa shape index (κ3) is 4.34. The molecule has 0 heterocycles. The van der Waals surface area contributed by atoms with Gasteiger partial charge in [0.15, 0.2) is 0 Å². The van der Waals surface area contributed by atoms with Crippen LogP contribution in [0.25, 0.3) is 0 Å². The Morgan fingerprint density at radius 3 is 2.64 bits per heavy atom. The van der Waals surface area contributed by atoms with Crippen LogP contribution in [0.2, 0.25) is 0 Å². The summed E-state index contributed by atoms with van der Waals surface area (Å²) in [5, 5.41) is 10.9. The molecular formula is C7H13N3O. The van der Waals surface area contributed by atoms with Gasteiger partial charge in [-0.05, 0) is 13.8 Å². The van der Waals surface area contributed by atoms with E-state index < -0.39 is 6.04 Å². The van der Waals surface area contributed by atoms with Crippen molar-refractivity contribution in [2.45, 2.75) is 19.9 Å². The minimum Gasteiger partial charge on any atom is -0.353 e. The van der Waals surface area contributed by atoms with Crippen LogP contribution in [0.3, 0.4) is 0 Å². The Bertz CT molecular complexity index is 171. The highest BCUT2D eigenvalue weighted by atomic mass is 16.2. The van der Waals surface area contributed by atoms with Crippen LogP contribution in [0, 0.1) is 17.2 Å². The first-order chi connectivity index (χ1) is 5.07. The fraction of sp³-hybridized carbons (Fsp3) is 0.714. The lowest BCUT2D eigenvalue weighted by atomic mass is 10.2. The van der Waals surface area contributed by atoms with E-state index >= 15 is 0 Å². The van der Waals surface area contributed by atoms with Crippen molar-refractivity contribution < 1.29 is 4.79 Å². The van der Waals surface area contributed by atoms with Crippen molar-refractivity contribution in [1.82, 2.24) is 5.32 Å². The van der Waals surface area contributed by atoms with Gasteiger partial charge in [-0.25, -0.2) is 0 Å². The molecule has 0 fully saturated rings. The van der Waals surface area contributed by atoms with E-state index in [9.17, 15) is 4.79 Å². The predicted octanol–water partition coefficient (Wildman–Crippen LogP) is -0.391. The molecule has 0 aliphatic carbocycles. The molecule has 62 valence electrons. The topological polar surface area (TPSA) is 78.9 Å². The molecule has 0 aromatic rings. The third-order valence-electron chi connectivity index (χ3n) is 1.22. The fourth-order valence-electron chi connectivity index (χ4n) is 0.460. The van der Waals surface area contributed by atoms with Gasteiger partial charge in [-0.2, -0.15) is 5.26 Å². The number of rotatable bonds is 3. The Morgan fingerprint density at radius 2 is 2.27 bits per heavy atom. The first-order valence-corrected chi connectivity index (χ1v) is 3.50. The van der Waals surface area contributed by atoms with E-state index in [0.29, 0.717) is 6.54 Å². The fourth-order valence-corrected chi connectivity index (χ4v) is 0.460. The van der Waals surface area contributed by atoms with Gasteiger partial charge in [0.25, 0.3) is 0 Å². The molecule has 4 heteroatoms. The lowest BCUT2D eigenvalue weighted by Crippen LogP contribution is -2.39. The summed E-state index contributed by atoms with van der Waals surface area (Å²) >= 11 is 0. The van der Waals surface area contributed by atoms with E-state index in [1.165, 1.54) is 0 Å². The highest BCUT2D eigenvalue weighted by molar-refractivity contribution is 5.80. The summed E-state index contributed by atoms with van der Waals surface area (Å²) in [6, 6.07) is 1.50. The van der Waals surface area contributed by atoms with Gasteiger partial charge in [0, 0.05) is 6.54 Å². The van der Waals surface area contributed by atoms with E-state index in [-0.39, 0.29) is 11.8 Å². The molecule has 1 amide bonds. The van der Waals surface area contributed by atoms with Crippen LogP contribution in [0.15, 0.2) is 0 Å². The molecule has 0 aromatic heterocycles. The molecule has 4 nitrogen and oxygen atoms in total. The summed E-state index contributed by atoms with van der Waals surface area (Å²) in [4.78, 5) is 10.8. The van der Waals surface area contributed by atoms with E-state index in [0.717, 1.165) is 0 Å². The van der Waals surface area contributed by atoms with Crippen LogP contribution < -0.4 is 11.1 Å². The molecule has 2 unspecified atom stereocenters. The third-order valence-corrected chi connectivity index (χ3v) is 1.22. The largest absolute Gasteiger partial charge is 0.353 e. The normalized spacial score (nSPS) is 14.7. The molecule has 0 spiro atoms. The van der Waals surface area contributed by atoms with Crippen molar-refractivity contribution in [2.24, 2.45) is 11.7 Å². The predicted molar refractivity (Wildman–Crippen MR) is 41.4 cm³/mol. The molecule has 0 saturated carbocycles. The van der Waals surface area contributed by atoms with Crippen molar-refractivity contribution >= 4 is 5.91 Å². The summed E-state index contributed by atoms with van der Waals surface area (Å²) in [6.07, 6.45) is 0. The van der Waals surface area contributed by atoms with Crippen molar-refractivity contribution in [3.63, 3.8) is 0 Å². The molecule has 0 aliphatic heterocycles. The maximum Gasteiger partial charge on any atom is 0.236 e. The number of nitriles is 1. The molecule has 0 rings (SSSR count). The Morgan fingerprint density at radius 1 is 1.73 bits per heavy atom. The summed E-state index contributed by atoms with van der Waals surface area (Å²) in [5.74, 6) is -0.371. The van der Waals surface area contributed by atoms with Crippen molar-refractivity contribution in [2.75, 3.05) is 6.54 Å². The molecule has 3 N–H and O–H groups in total. The number of amides is 1. The van der Waals surface area contributed by atoms with Crippen LogP contribution in [0.5, 0.6) is 0 Å². The number of carbonyl (C=O) groups excluding carboxylic acids is 1. The maximum absolute atomic E-state index is 10.8. The monoisotopic (exact) mass is 155 g/mol. The quantitative estimate of drug-likeness (QED) is 0.582. The van der Waals surface area contributed by atoms with Gasteiger partial charge in [0.05, 0.1) is 18.0 Å². The molecule has 2 atom stereocenters. The molecular weight excluding hydrogens is 142 g/mol. The minimum absolute atomic E-state index is 0.155. The highest BCUT2D eigenvalue weighted by Crippen LogP contribution is 1.87. The van der Waals surface area contributed by atoms with Crippen LogP contribution in [-0.4, -0.2) is 18.5 Å². The van der Waals surface area contributed by atoms with Crippen LogP contribution in [0.4, 0.5) is 0 Å². The highest BCUT2D eigenvalue weighted by Gasteiger charge is 2.07. The van der Waals surface area contributed by atoms with Gasteiger partial charge >= 0.3 is 0 Å². The second-order valence-corrected chi connectivity index (χ2v) is 2.56. The second-order valence-electron chi connectivity index (χ2n) is 2.56. The molecule has 0 bridgehead atoms. The number of carbonyl (C=O) groups is 1. The second kappa shape index (κ2) is 4.69. The number of nitrogens with two attached hydrogens (primary N) is 1.